The van der Waals surface area contributed by atoms with Gasteiger partial charge in [0, 0.05) is 58.4 Å². The average Bonchev–Trinajstić information content (AvgIpc) is 3.14. The van der Waals surface area contributed by atoms with Crippen molar-refractivity contribution in [1.29, 1.82) is 0 Å². The van der Waals surface area contributed by atoms with Gasteiger partial charge in [-0.15, -0.1) is 0 Å². The van der Waals surface area contributed by atoms with Gasteiger partial charge in [-0.25, -0.2) is 18.4 Å². The predicted octanol–water partition coefficient (Wildman–Crippen LogP) is 0.915. The summed E-state index contributed by atoms with van der Waals surface area (Å²) >= 11 is 0. The van der Waals surface area contributed by atoms with Crippen LogP contribution in [0.3, 0.4) is 0 Å². The lowest BCUT2D eigenvalue weighted by Crippen LogP contribution is -2.44. The van der Waals surface area contributed by atoms with Gasteiger partial charge in [0.05, 0.1) is 11.9 Å². The maximum atomic E-state index is 12.8. The summed E-state index contributed by atoms with van der Waals surface area (Å²) in [6.07, 6.45) is 4.17. The molecular formula is C21H31N7O3S. The monoisotopic (exact) mass is 461 g/mol. The molecule has 2 fully saturated rings. The molecular weight excluding hydrogens is 430 g/mol. The van der Waals surface area contributed by atoms with Crippen molar-refractivity contribution in [2.45, 2.75) is 24.8 Å². The van der Waals surface area contributed by atoms with Gasteiger partial charge in [0.25, 0.3) is 10.0 Å². The Morgan fingerprint density at radius 3 is 2.31 bits per heavy atom. The fourth-order valence-electron chi connectivity index (χ4n) is 4.07. The standard InChI is InChI=1S/C21H31N7O3S/c1-16-23-20(15-26(16)3)32(30,31)28-8-6-17(7-9-28)21(29)24-18-4-5-19(22-14-18)27-12-10-25(2)11-13-27/h4-5,14-15,17H,6-13H2,1-3H3,(H,24,29). The second-order valence-electron chi connectivity index (χ2n) is 8.60. The molecule has 2 aliphatic heterocycles. The molecule has 174 valence electrons. The van der Waals surface area contributed by atoms with Gasteiger partial charge >= 0.3 is 0 Å². The summed E-state index contributed by atoms with van der Waals surface area (Å²) in [6, 6.07) is 3.81. The van der Waals surface area contributed by atoms with Crippen molar-refractivity contribution in [3.63, 3.8) is 0 Å². The number of sulfonamides is 1. The first-order valence-corrected chi connectivity index (χ1v) is 12.4. The number of hydrogen-bond acceptors (Lipinski definition) is 7. The summed E-state index contributed by atoms with van der Waals surface area (Å²) in [5.74, 6) is 1.23. The van der Waals surface area contributed by atoms with Gasteiger partial charge in [0.15, 0.2) is 5.03 Å². The average molecular weight is 462 g/mol. The van der Waals surface area contributed by atoms with Crippen LogP contribution in [0.5, 0.6) is 0 Å². The number of piperazine rings is 1. The molecule has 0 spiro atoms. The minimum absolute atomic E-state index is 0.0620. The third-order valence-electron chi connectivity index (χ3n) is 6.36. The number of nitrogens with one attached hydrogen (secondary N) is 1. The number of rotatable bonds is 5. The van der Waals surface area contributed by atoms with E-state index in [1.807, 2.05) is 12.1 Å². The minimum Gasteiger partial charge on any atom is -0.354 e. The third kappa shape index (κ3) is 4.79. The van der Waals surface area contributed by atoms with E-state index in [-0.39, 0.29) is 16.9 Å². The van der Waals surface area contributed by atoms with Crippen molar-refractivity contribution in [2.24, 2.45) is 13.0 Å². The Hall–Kier alpha value is -2.50. The number of nitrogens with zero attached hydrogens (tertiary/aromatic N) is 6. The zero-order valence-corrected chi connectivity index (χ0v) is 19.7. The van der Waals surface area contributed by atoms with Crippen LogP contribution in [0.25, 0.3) is 0 Å². The lowest BCUT2D eigenvalue weighted by molar-refractivity contribution is -0.120. The molecule has 11 heteroatoms. The first-order valence-electron chi connectivity index (χ1n) is 10.9. The molecule has 32 heavy (non-hydrogen) atoms. The summed E-state index contributed by atoms with van der Waals surface area (Å²) in [5, 5.41) is 3.00. The Labute approximate surface area is 189 Å². The fourth-order valence-corrected chi connectivity index (χ4v) is 5.56. The van der Waals surface area contributed by atoms with Gasteiger partial charge in [-0.1, -0.05) is 0 Å². The van der Waals surface area contributed by atoms with Crippen LogP contribution in [0.15, 0.2) is 29.6 Å². The van der Waals surface area contributed by atoms with E-state index >= 15 is 0 Å². The molecule has 0 atom stereocenters. The van der Waals surface area contributed by atoms with Crippen LogP contribution in [0.2, 0.25) is 0 Å². The van der Waals surface area contributed by atoms with Crippen molar-refractivity contribution >= 4 is 27.4 Å². The van der Waals surface area contributed by atoms with E-state index in [4.69, 9.17) is 0 Å². The first-order chi connectivity index (χ1) is 15.2. The Bertz CT molecular complexity index is 1030. The Morgan fingerprint density at radius 2 is 1.75 bits per heavy atom. The van der Waals surface area contributed by atoms with Crippen LogP contribution in [-0.2, 0) is 21.9 Å². The number of likely N-dealkylation sites (N-methyl/N-ethyl adjacent to an activating group) is 1. The highest BCUT2D eigenvalue weighted by atomic mass is 32.2. The molecule has 10 nitrogen and oxygen atoms in total. The highest BCUT2D eigenvalue weighted by molar-refractivity contribution is 7.89. The van der Waals surface area contributed by atoms with Gasteiger partial charge < -0.3 is 19.7 Å². The number of piperidine rings is 1. The van der Waals surface area contributed by atoms with Gasteiger partial charge in [-0.3, -0.25) is 4.79 Å². The lowest BCUT2D eigenvalue weighted by Gasteiger charge is -2.33. The molecule has 1 amide bonds. The van der Waals surface area contributed by atoms with Crippen molar-refractivity contribution in [2.75, 3.05) is 56.5 Å². The van der Waals surface area contributed by atoms with E-state index in [0.717, 1.165) is 32.0 Å². The molecule has 1 N–H and O–H groups in total. The van der Waals surface area contributed by atoms with Gasteiger partial charge in [0.1, 0.15) is 11.6 Å². The molecule has 4 rings (SSSR count). The van der Waals surface area contributed by atoms with Gasteiger partial charge in [0.2, 0.25) is 5.91 Å². The molecule has 2 aromatic heterocycles. The summed E-state index contributed by atoms with van der Waals surface area (Å²) in [5.41, 5.74) is 0.659. The quantitative estimate of drug-likeness (QED) is 0.706. The highest BCUT2D eigenvalue weighted by Gasteiger charge is 2.33. The number of aromatic nitrogens is 3. The molecule has 2 saturated heterocycles. The summed E-state index contributed by atoms with van der Waals surface area (Å²) in [6.45, 7) is 6.27. The van der Waals surface area contributed by atoms with Crippen LogP contribution in [0.1, 0.15) is 18.7 Å². The molecule has 2 aliphatic rings. The minimum atomic E-state index is -3.64. The van der Waals surface area contributed by atoms with Crippen molar-refractivity contribution in [1.82, 2.24) is 23.7 Å². The zero-order valence-electron chi connectivity index (χ0n) is 18.9. The van der Waals surface area contributed by atoms with E-state index in [9.17, 15) is 13.2 Å². The van der Waals surface area contributed by atoms with Crippen LogP contribution in [0.4, 0.5) is 11.5 Å². The topological polar surface area (TPSA) is 104 Å². The van der Waals surface area contributed by atoms with E-state index in [0.29, 0.717) is 37.4 Å². The van der Waals surface area contributed by atoms with Crippen LogP contribution < -0.4 is 10.2 Å². The Kier molecular flexibility index (Phi) is 6.50. The van der Waals surface area contributed by atoms with Crippen molar-refractivity contribution in [3.05, 3.63) is 30.4 Å². The molecule has 0 aromatic carbocycles. The second kappa shape index (κ2) is 9.16. The van der Waals surface area contributed by atoms with Crippen LogP contribution in [0, 0.1) is 12.8 Å². The number of hydrogen-bond donors (Lipinski definition) is 1. The van der Waals surface area contributed by atoms with Crippen molar-refractivity contribution < 1.29 is 13.2 Å². The lowest BCUT2D eigenvalue weighted by atomic mass is 9.97. The summed E-state index contributed by atoms with van der Waals surface area (Å²) < 4.78 is 28.8. The third-order valence-corrected chi connectivity index (χ3v) is 8.13. The fraction of sp³-hybridized carbons (Fsp3) is 0.571. The molecule has 0 radical (unpaired) electrons. The Morgan fingerprint density at radius 1 is 1.06 bits per heavy atom. The molecule has 0 unspecified atom stereocenters. The first kappa shape index (κ1) is 22.7. The van der Waals surface area contributed by atoms with E-state index in [2.05, 4.69) is 32.1 Å². The van der Waals surface area contributed by atoms with E-state index in [1.165, 1.54) is 10.5 Å². The van der Waals surface area contributed by atoms with Crippen molar-refractivity contribution in [3.8, 4) is 0 Å². The molecule has 2 aromatic rings. The summed E-state index contributed by atoms with van der Waals surface area (Å²) in [4.78, 5) is 25.9. The smallest absolute Gasteiger partial charge is 0.262 e. The van der Waals surface area contributed by atoms with Gasteiger partial charge in [-0.2, -0.15) is 4.31 Å². The second-order valence-corrected chi connectivity index (χ2v) is 10.5. The SMILES string of the molecule is Cc1nc(S(=O)(=O)N2CCC(C(=O)Nc3ccc(N4CCN(C)CC4)nc3)CC2)cn1C. The van der Waals surface area contributed by atoms with Crippen LogP contribution in [-0.4, -0.2) is 84.4 Å². The number of amides is 1. The van der Waals surface area contributed by atoms with E-state index < -0.39 is 10.0 Å². The predicted molar refractivity (Wildman–Crippen MR) is 122 cm³/mol. The normalized spacial score (nSPS) is 19.3. The highest BCUT2D eigenvalue weighted by Crippen LogP contribution is 2.25. The molecule has 4 heterocycles. The Balaban J connectivity index is 1.31. The number of carbonyl (C=O) groups is 1. The molecule has 0 saturated carbocycles. The maximum Gasteiger partial charge on any atom is 0.262 e. The molecule has 0 bridgehead atoms. The largest absolute Gasteiger partial charge is 0.354 e. The number of carbonyl (C=O) groups excluding carboxylic acids is 1. The molecule has 0 aliphatic carbocycles. The van der Waals surface area contributed by atoms with E-state index in [1.54, 1.807) is 24.7 Å². The van der Waals surface area contributed by atoms with Crippen LogP contribution >= 0.6 is 0 Å². The zero-order chi connectivity index (χ0) is 22.9. The summed E-state index contributed by atoms with van der Waals surface area (Å²) in [7, 11) is 0.243. The number of pyridine rings is 1. The number of imidazole rings is 1. The number of aryl methyl sites for hydroxylation is 2. The maximum absolute atomic E-state index is 12.8. The van der Waals surface area contributed by atoms with Gasteiger partial charge in [-0.05, 0) is 38.9 Å². The number of anilines is 2.